The number of alkyl halides is 3. The molecule has 2 aliphatic rings. The second kappa shape index (κ2) is 12.0. The first-order chi connectivity index (χ1) is 20.2. The number of carbonyl (C=O) groups excluding carboxylic acids is 1. The summed E-state index contributed by atoms with van der Waals surface area (Å²) in [4.78, 5) is 23.4. The fourth-order valence-electron chi connectivity index (χ4n) is 5.55. The second-order valence-corrected chi connectivity index (χ2v) is 10.3. The summed E-state index contributed by atoms with van der Waals surface area (Å²) in [6.45, 7) is 0.924. The lowest BCUT2D eigenvalue weighted by Gasteiger charge is -2.38. The molecule has 2 fully saturated rings. The van der Waals surface area contributed by atoms with E-state index in [0.29, 0.717) is 42.6 Å². The van der Waals surface area contributed by atoms with Gasteiger partial charge in [0, 0.05) is 36.5 Å². The molecule has 5 rings (SSSR count). The van der Waals surface area contributed by atoms with Crippen molar-refractivity contribution in [1.82, 2.24) is 10.3 Å². The van der Waals surface area contributed by atoms with Gasteiger partial charge in [0.25, 0.3) is 5.91 Å². The predicted molar refractivity (Wildman–Crippen MR) is 151 cm³/mol. The van der Waals surface area contributed by atoms with Crippen molar-refractivity contribution in [1.29, 1.82) is 5.26 Å². The van der Waals surface area contributed by atoms with Crippen molar-refractivity contribution in [3.63, 3.8) is 0 Å². The number of nitrogens with zero attached hydrogens (tertiary/aromatic N) is 4. The number of benzene rings is 2. The minimum absolute atomic E-state index is 0.0569. The average Bonchev–Trinajstić information content (AvgIpc) is 3.01. The van der Waals surface area contributed by atoms with Crippen LogP contribution in [0.3, 0.4) is 0 Å². The number of anilines is 1. The fourth-order valence-corrected chi connectivity index (χ4v) is 5.55. The van der Waals surface area contributed by atoms with Crippen LogP contribution in [0.2, 0.25) is 0 Å². The lowest BCUT2D eigenvalue weighted by Crippen LogP contribution is -2.56. The lowest BCUT2D eigenvalue weighted by molar-refractivity contribution is -0.191. The molecule has 42 heavy (non-hydrogen) atoms. The minimum Gasteiger partial charge on any atom is -0.401 e. The van der Waals surface area contributed by atoms with Crippen molar-refractivity contribution >= 4 is 17.4 Å². The minimum atomic E-state index is -4.96. The van der Waals surface area contributed by atoms with Crippen LogP contribution in [-0.2, 0) is 4.79 Å². The number of halogens is 3. The molecule has 1 aromatic heterocycles. The number of nitriles is 1. The van der Waals surface area contributed by atoms with Gasteiger partial charge in [-0.3, -0.25) is 14.8 Å². The number of pyridine rings is 1. The number of aromatic nitrogens is 1. The van der Waals surface area contributed by atoms with Gasteiger partial charge in [-0.05, 0) is 30.0 Å². The first kappa shape index (κ1) is 28.8. The van der Waals surface area contributed by atoms with Gasteiger partial charge in [0.1, 0.15) is 30.0 Å². The molecule has 11 heteroatoms. The summed E-state index contributed by atoms with van der Waals surface area (Å²) >= 11 is 0. The van der Waals surface area contributed by atoms with E-state index in [9.17, 15) is 28.3 Å². The van der Waals surface area contributed by atoms with Crippen LogP contribution in [0.5, 0.6) is 0 Å². The quantitative estimate of drug-likeness (QED) is 0.418. The number of carbonyl (C=O) groups is 1. The zero-order valence-electron chi connectivity index (χ0n) is 22.5. The number of aliphatic hydroxyl groups excluding tert-OH is 1. The largest absolute Gasteiger partial charge is 0.401 e. The maximum Gasteiger partial charge on any atom is 0.398 e. The van der Waals surface area contributed by atoms with Crippen molar-refractivity contribution in [3.8, 4) is 6.07 Å². The number of allylic oxidation sites excluding steroid dienone is 1. The van der Waals surface area contributed by atoms with E-state index in [0.717, 1.165) is 5.69 Å². The number of amides is 1. The lowest BCUT2D eigenvalue weighted by atomic mass is 9.81. The van der Waals surface area contributed by atoms with E-state index in [1.807, 2.05) is 17.0 Å². The van der Waals surface area contributed by atoms with E-state index in [4.69, 9.17) is 10.7 Å². The Morgan fingerprint density at radius 1 is 1.07 bits per heavy atom. The van der Waals surface area contributed by atoms with E-state index in [2.05, 4.69) is 16.4 Å². The van der Waals surface area contributed by atoms with Crippen molar-refractivity contribution in [2.45, 2.75) is 31.2 Å². The maximum atomic E-state index is 14.5. The Morgan fingerprint density at radius 3 is 2.21 bits per heavy atom. The molecule has 4 N–H and O–H groups in total. The van der Waals surface area contributed by atoms with Crippen molar-refractivity contribution in [2.24, 2.45) is 22.6 Å². The zero-order chi connectivity index (χ0) is 29.9. The third kappa shape index (κ3) is 5.99. The molecule has 216 valence electrons. The summed E-state index contributed by atoms with van der Waals surface area (Å²) in [6.07, 6.45) is -3.42. The molecule has 3 aromatic rings. The molecule has 1 amide bonds. The number of rotatable bonds is 5. The van der Waals surface area contributed by atoms with E-state index >= 15 is 0 Å². The zero-order valence-corrected chi connectivity index (χ0v) is 22.5. The van der Waals surface area contributed by atoms with Gasteiger partial charge in [0.2, 0.25) is 0 Å². The van der Waals surface area contributed by atoms with Gasteiger partial charge < -0.3 is 21.1 Å². The molecule has 0 saturated carbocycles. The molecule has 0 unspecified atom stereocenters. The normalized spacial score (nSPS) is 22.1. The summed E-state index contributed by atoms with van der Waals surface area (Å²) < 4.78 is 43.6. The molecule has 0 aliphatic carbocycles. The molecule has 8 nitrogen and oxygen atoms in total. The highest BCUT2D eigenvalue weighted by Crippen LogP contribution is 2.41. The van der Waals surface area contributed by atoms with Crippen LogP contribution >= 0.6 is 0 Å². The van der Waals surface area contributed by atoms with Gasteiger partial charge in [0.15, 0.2) is 0 Å². The molecule has 0 spiro atoms. The maximum absolute atomic E-state index is 14.5. The molecular weight excluding hydrogens is 545 g/mol. The van der Waals surface area contributed by atoms with E-state index in [1.165, 1.54) is 6.20 Å². The number of hydrogen-bond acceptors (Lipinski definition) is 7. The number of amidine groups is 1. The van der Waals surface area contributed by atoms with Gasteiger partial charge in [0.05, 0.1) is 17.4 Å². The van der Waals surface area contributed by atoms with E-state index in [1.54, 1.807) is 60.8 Å². The van der Waals surface area contributed by atoms with Gasteiger partial charge in [-0.15, -0.1) is 0 Å². The Balaban J connectivity index is 1.56. The van der Waals surface area contributed by atoms with E-state index in [-0.39, 0.29) is 11.5 Å². The van der Waals surface area contributed by atoms with Crippen LogP contribution in [0.1, 0.15) is 35.6 Å². The highest BCUT2D eigenvalue weighted by molar-refractivity contribution is 6.13. The first-order valence-electron chi connectivity index (χ1n) is 13.5. The smallest absolute Gasteiger partial charge is 0.398 e. The second-order valence-electron chi connectivity index (χ2n) is 10.3. The molecule has 2 atom stereocenters. The SMILES string of the molecule is N#Cc1cncc(N2CCC(C(N)=C3C(=NC(c4ccccc4)c4ccccc4)NC(=O)[C@H](O)[C@@H]3C(F)(F)F)CC2)c1. The Bertz CT molecular complexity index is 1490. The molecular formula is C31H29F3N6O2. The van der Waals surface area contributed by atoms with Crippen LogP contribution in [0.4, 0.5) is 18.9 Å². The number of hydrogen-bond donors (Lipinski definition) is 3. The Hall–Kier alpha value is -4.69. The molecule has 3 heterocycles. The standard InChI is InChI=1S/C31H29F3N6O2/c32-31(33,34)25-24(26(36)20-11-13-40(14-12-20)23-15-19(16-35)17-37-18-23)29(39-30(42)28(25)41)38-27(21-7-3-1-4-8-21)22-9-5-2-6-10-22/h1-10,15,17-18,20,25,27-28,41H,11-14,36H2,(H,38,39,42)/t25-,28-/m1/s1. The number of nitrogens with two attached hydrogens (primary N) is 1. The summed E-state index contributed by atoms with van der Waals surface area (Å²) in [6, 6.07) is 21.1. The summed E-state index contributed by atoms with van der Waals surface area (Å²) in [5.74, 6) is -4.48. The van der Waals surface area contributed by atoms with Crippen LogP contribution < -0.4 is 16.0 Å². The van der Waals surface area contributed by atoms with Crippen molar-refractivity contribution in [2.75, 3.05) is 18.0 Å². The van der Waals surface area contributed by atoms with Crippen molar-refractivity contribution in [3.05, 3.63) is 107 Å². The molecule has 0 radical (unpaired) electrons. The summed E-state index contributed by atoms with van der Waals surface area (Å²) in [5.41, 5.74) is 8.65. The third-order valence-corrected chi connectivity index (χ3v) is 7.70. The summed E-state index contributed by atoms with van der Waals surface area (Å²) in [5, 5.41) is 22.1. The van der Waals surface area contributed by atoms with E-state index < -0.39 is 41.6 Å². The van der Waals surface area contributed by atoms with Crippen LogP contribution in [0.25, 0.3) is 0 Å². The first-order valence-corrected chi connectivity index (χ1v) is 13.5. The highest BCUT2D eigenvalue weighted by Gasteiger charge is 2.54. The number of aliphatic hydroxyl groups is 1. The predicted octanol–water partition coefficient (Wildman–Crippen LogP) is 4.24. The molecule has 2 saturated heterocycles. The summed E-state index contributed by atoms with van der Waals surface area (Å²) in [7, 11) is 0. The third-order valence-electron chi connectivity index (χ3n) is 7.70. The van der Waals surface area contributed by atoms with Crippen LogP contribution in [0.15, 0.2) is 95.4 Å². The van der Waals surface area contributed by atoms with Gasteiger partial charge in [-0.25, -0.2) is 0 Å². The average molecular weight is 575 g/mol. The monoisotopic (exact) mass is 574 g/mol. The topological polar surface area (TPSA) is 128 Å². The number of piperidine rings is 2. The Morgan fingerprint density at radius 2 is 1.67 bits per heavy atom. The number of aliphatic imine (C=N–C) groups is 1. The van der Waals surface area contributed by atoms with Crippen LogP contribution in [-0.4, -0.2) is 47.2 Å². The molecule has 2 aromatic carbocycles. The fraction of sp³-hybridized carbons (Fsp3) is 0.290. The highest BCUT2D eigenvalue weighted by atomic mass is 19.4. The number of nitrogens with one attached hydrogen (secondary N) is 1. The van der Waals surface area contributed by atoms with Gasteiger partial charge >= 0.3 is 6.18 Å². The van der Waals surface area contributed by atoms with Crippen molar-refractivity contribution < 1.29 is 23.1 Å². The Labute approximate surface area is 241 Å². The van der Waals surface area contributed by atoms with Gasteiger partial charge in [-0.1, -0.05) is 60.7 Å². The van der Waals surface area contributed by atoms with Gasteiger partial charge in [-0.2, -0.15) is 18.4 Å². The molecule has 2 aliphatic heterocycles. The van der Waals surface area contributed by atoms with Crippen LogP contribution in [0, 0.1) is 23.2 Å². The molecule has 0 bridgehead atoms. The Kier molecular flexibility index (Phi) is 8.27.